The summed E-state index contributed by atoms with van der Waals surface area (Å²) in [6.07, 6.45) is 1.31. The van der Waals surface area contributed by atoms with Crippen LogP contribution in [0.25, 0.3) is 0 Å². The van der Waals surface area contributed by atoms with Gasteiger partial charge in [-0.1, -0.05) is 0 Å². The Bertz CT molecular complexity index is 549. The predicted molar refractivity (Wildman–Crippen MR) is 62.2 cm³/mol. The molecule has 16 heavy (non-hydrogen) atoms. The van der Waals surface area contributed by atoms with Crippen LogP contribution in [-0.4, -0.2) is 14.6 Å². The molecule has 0 amide bonds. The molecule has 0 saturated heterocycles. The van der Waals surface area contributed by atoms with E-state index in [4.69, 9.17) is 5.73 Å². The third-order valence-corrected chi connectivity index (χ3v) is 2.38. The van der Waals surface area contributed by atoms with E-state index in [1.54, 1.807) is 0 Å². The molecule has 0 aromatic carbocycles. The second-order valence-corrected chi connectivity index (χ2v) is 3.56. The van der Waals surface area contributed by atoms with Gasteiger partial charge in [0.1, 0.15) is 5.69 Å². The Morgan fingerprint density at radius 1 is 1.38 bits per heavy atom. The van der Waals surface area contributed by atoms with E-state index in [2.05, 4.69) is 15.4 Å². The summed E-state index contributed by atoms with van der Waals surface area (Å²) in [4.78, 5) is 17.7. The molecule has 0 radical (unpaired) electrons. The first-order valence-corrected chi connectivity index (χ1v) is 4.84. The van der Waals surface area contributed by atoms with Gasteiger partial charge in [0.05, 0.1) is 6.33 Å². The number of aromatic nitrogens is 3. The third-order valence-electron chi connectivity index (χ3n) is 2.38. The van der Waals surface area contributed by atoms with Crippen LogP contribution in [0.15, 0.2) is 23.3 Å². The maximum atomic E-state index is 11.3. The van der Waals surface area contributed by atoms with Gasteiger partial charge >= 0.3 is 0 Å². The van der Waals surface area contributed by atoms with E-state index < -0.39 is 0 Å². The number of aryl methyl sites for hydroxylation is 2. The molecule has 2 rings (SSSR count). The van der Waals surface area contributed by atoms with E-state index >= 15 is 0 Å². The number of aromatic amines is 1. The quantitative estimate of drug-likeness (QED) is 0.691. The molecule has 0 saturated carbocycles. The van der Waals surface area contributed by atoms with Crippen LogP contribution in [0.5, 0.6) is 0 Å². The van der Waals surface area contributed by atoms with Gasteiger partial charge in [-0.15, -0.1) is 0 Å². The molecule has 6 heteroatoms. The van der Waals surface area contributed by atoms with Crippen molar-refractivity contribution in [3.05, 3.63) is 40.2 Å². The Morgan fingerprint density at radius 2 is 2.00 bits per heavy atom. The van der Waals surface area contributed by atoms with E-state index in [0.29, 0.717) is 5.82 Å². The van der Waals surface area contributed by atoms with Crippen molar-refractivity contribution in [2.24, 2.45) is 0 Å². The molecule has 0 atom stereocenters. The number of rotatable bonds is 2. The van der Waals surface area contributed by atoms with Crippen LogP contribution >= 0.6 is 0 Å². The summed E-state index contributed by atoms with van der Waals surface area (Å²) in [7, 11) is 0. The lowest BCUT2D eigenvalue weighted by atomic mass is 10.5. The van der Waals surface area contributed by atoms with Crippen molar-refractivity contribution in [2.75, 3.05) is 11.2 Å². The van der Waals surface area contributed by atoms with Crippen LogP contribution in [-0.2, 0) is 0 Å². The van der Waals surface area contributed by atoms with Gasteiger partial charge in [-0.3, -0.25) is 14.9 Å². The minimum atomic E-state index is -0.347. The van der Waals surface area contributed by atoms with E-state index in [9.17, 15) is 4.79 Å². The minimum absolute atomic E-state index is 0.0787. The molecule has 0 aliphatic heterocycles. The van der Waals surface area contributed by atoms with Gasteiger partial charge in [0.15, 0.2) is 5.82 Å². The van der Waals surface area contributed by atoms with Crippen LogP contribution < -0.4 is 16.7 Å². The summed E-state index contributed by atoms with van der Waals surface area (Å²) < 4.78 is 1.82. The topological polar surface area (TPSA) is 88.7 Å². The van der Waals surface area contributed by atoms with Crippen molar-refractivity contribution < 1.29 is 0 Å². The summed E-state index contributed by atoms with van der Waals surface area (Å²) in [6.45, 7) is 3.90. The fourth-order valence-corrected chi connectivity index (χ4v) is 1.45. The van der Waals surface area contributed by atoms with Crippen molar-refractivity contribution in [3.8, 4) is 0 Å². The second kappa shape index (κ2) is 3.73. The molecular formula is C10H13N5O. The molecule has 0 fully saturated rings. The zero-order chi connectivity index (χ0) is 11.7. The fraction of sp³-hybridized carbons (Fsp3) is 0.200. The molecule has 0 unspecified atom stereocenters. The summed E-state index contributed by atoms with van der Waals surface area (Å²) in [5, 5.41) is 0. The Morgan fingerprint density at radius 3 is 2.62 bits per heavy atom. The van der Waals surface area contributed by atoms with Crippen LogP contribution in [0, 0.1) is 13.8 Å². The molecule has 84 valence electrons. The van der Waals surface area contributed by atoms with Gasteiger partial charge in [0.2, 0.25) is 0 Å². The smallest absolute Gasteiger partial charge is 0.276 e. The summed E-state index contributed by atoms with van der Waals surface area (Å²) >= 11 is 0. The van der Waals surface area contributed by atoms with Crippen molar-refractivity contribution >= 4 is 11.5 Å². The number of anilines is 2. The molecular weight excluding hydrogens is 206 g/mol. The number of nitrogens with one attached hydrogen (secondary N) is 2. The number of nitrogens with zero attached hydrogens (tertiary/aromatic N) is 2. The normalized spacial score (nSPS) is 10.4. The summed E-state index contributed by atoms with van der Waals surface area (Å²) in [6, 6.07) is 3.93. The minimum Gasteiger partial charge on any atom is -0.391 e. The van der Waals surface area contributed by atoms with Crippen molar-refractivity contribution in [3.63, 3.8) is 0 Å². The largest absolute Gasteiger partial charge is 0.391 e. The highest BCUT2D eigenvalue weighted by Crippen LogP contribution is 2.12. The highest BCUT2D eigenvalue weighted by atomic mass is 16.1. The first-order chi connectivity index (χ1) is 7.59. The standard InChI is InChI=1S/C10H13N5O/c1-6-3-4-7(2)15(6)14-9-8(11)10(16)13-5-12-9/h3-5H,11H2,1-2H3,(H2,12,13,14,16). The highest BCUT2D eigenvalue weighted by molar-refractivity contribution is 5.58. The predicted octanol–water partition coefficient (Wildman–Crippen LogP) is 0.646. The number of hydrogen-bond donors (Lipinski definition) is 3. The van der Waals surface area contributed by atoms with Gasteiger partial charge in [-0.2, -0.15) is 0 Å². The average Bonchev–Trinajstić information content (AvgIpc) is 2.56. The second-order valence-electron chi connectivity index (χ2n) is 3.56. The van der Waals surface area contributed by atoms with Gasteiger partial charge in [-0.25, -0.2) is 4.98 Å². The van der Waals surface area contributed by atoms with Gasteiger partial charge in [0.25, 0.3) is 5.56 Å². The monoisotopic (exact) mass is 219 g/mol. The van der Waals surface area contributed by atoms with Crippen LogP contribution in [0.3, 0.4) is 0 Å². The van der Waals surface area contributed by atoms with Gasteiger partial charge in [-0.05, 0) is 26.0 Å². The Kier molecular flexibility index (Phi) is 2.40. The molecule has 0 aliphatic rings. The Labute approximate surface area is 92.1 Å². The fourth-order valence-electron chi connectivity index (χ4n) is 1.45. The molecule has 0 spiro atoms. The molecule has 4 N–H and O–H groups in total. The number of H-pyrrole nitrogens is 1. The Hall–Kier alpha value is -2.24. The van der Waals surface area contributed by atoms with Crippen molar-refractivity contribution in [1.29, 1.82) is 0 Å². The summed E-state index contributed by atoms with van der Waals surface area (Å²) in [5.41, 5.74) is 10.4. The zero-order valence-electron chi connectivity index (χ0n) is 9.11. The SMILES string of the molecule is Cc1ccc(C)n1Nc1nc[nH]c(=O)c1N. The molecule has 0 aliphatic carbocycles. The summed E-state index contributed by atoms with van der Waals surface area (Å²) in [5.74, 6) is 0.353. The van der Waals surface area contributed by atoms with E-state index in [-0.39, 0.29) is 11.2 Å². The Balaban J connectivity index is 2.42. The van der Waals surface area contributed by atoms with E-state index in [1.165, 1.54) is 6.33 Å². The first-order valence-electron chi connectivity index (χ1n) is 4.84. The third kappa shape index (κ3) is 1.65. The number of nitrogens with two attached hydrogens (primary N) is 1. The molecule has 6 nitrogen and oxygen atoms in total. The van der Waals surface area contributed by atoms with Crippen LogP contribution in [0.4, 0.5) is 11.5 Å². The lowest BCUT2D eigenvalue weighted by Crippen LogP contribution is -2.20. The average molecular weight is 219 g/mol. The van der Waals surface area contributed by atoms with Crippen LogP contribution in [0.1, 0.15) is 11.4 Å². The van der Waals surface area contributed by atoms with Crippen molar-refractivity contribution in [1.82, 2.24) is 14.6 Å². The molecule has 2 heterocycles. The zero-order valence-corrected chi connectivity index (χ0v) is 9.11. The number of nitrogen functional groups attached to an aromatic ring is 1. The maximum absolute atomic E-state index is 11.3. The van der Waals surface area contributed by atoms with Gasteiger partial charge in [0, 0.05) is 11.4 Å². The van der Waals surface area contributed by atoms with E-state index in [0.717, 1.165) is 11.4 Å². The molecule has 2 aromatic heterocycles. The molecule has 0 bridgehead atoms. The maximum Gasteiger partial charge on any atom is 0.276 e. The first kappa shape index (κ1) is 10.3. The lowest BCUT2D eigenvalue weighted by molar-refractivity contribution is 0.868. The highest BCUT2D eigenvalue weighted by Gasteiger charge is 2.06. The van der Waals surface area contributed by atoms with E-state index in [1.807, 2.05) is 30.7 Å². The van der Waals surface area contributed by atoms with Crippen LogP contribution in [0.2, 0.25) is 0 Å². The van der Waals surface area contributed by atoms with Gasteiger partial charge < -0.3 is 10.7 Å². The number of hydrogen-bond acceptors (Lipinski definition) is 4. The molecule has 2 aromatic rings. The van der Waals surface area contributed by atoms with Crippen molar-refractivity contribution in [2.45, 2.75) is 13.8 Å². The lowest BCUT2D eigenvalue weighted by Gasteiger charge is -2.12.